The minimum Gasteiger partial charge on any atom is -0.480 e. The van der Waals surface area contributed by atoms with Gasteiger partial charge >= 0.3 is 12.1 Å². The molecule has 182 valence electrons. The van der Waals surface area contributed by atoms with Crippen LogP contribution in [0, 0.1) is 0 Å². The second kappa shape index (κ2) is 12.2. The van der Waals surface area contributed by atoms with E-state index >= 15 is 0 Å². The maximum atomic E-state index is 12.4. The lowest BCUT2D eigenvalue weighted by molar-refractivity contribution is -0.144. The van der Waals surface area contributed by atoms with E-state index in [1.54, 1.807) is 0 Å². The maximum Gasteiger partial charge on any atom is 0.407 e. The Labute approximate surface area is 198 Å². The molecule has 2 atom stereocenters. The molecular formula is C25H30N2O7. The summed E-state index contributed by atoms with van der Waals surface area (Å²) < 4.78 is 15.5. The number of carbonyl (C=O) groups is 3. The van der Waals surface area contributed by atoms with Crippen molar-refractivity contribution in [3.05, 3.63) is 59.7 Å². The van der Waals surface area contributed by atoms with Gasteiger partial charge in [-0.1, -0.05) is 48.5 Å². The molecule has 9 heteroatoms. The van der Waals surface area contributed by atoms with E-state index in [1.165, 1.54) is 14.2 Å². The topological polar surface area (TPSA) is 123 Å². The molecule has 0 aliphatic heterocycles. The van der Waals surface area contributed by atoms with Gasteiger partial charge in [-0.05, 0) is 22.3 Å². The zero-order valence-electron chi connectivity index (χ0n) is 19.3. The number of alkyl carbamates (subject to hydrolysis) is 1. The summed E-state index contributed by atoms with van der Waals surface area (Å²) in [6.07, 6.45) is -1.23. The summed E-state index contributed by atoms with van der Waals surface area (Å²) in [4.78, 5) is 36.0. The first-order valence-corrected chi connectivity index (χ1v) is 11.1. The highest BCUT2D eigenvalue weighted by Gasteiger charge is 2.29. The van der Waals surface area contributed by atoms with E-state index in [0.29, 0.717) is 0 Å². The van der Waals surface area contributed by atoms with Crippen molar-refractivity contribution >= 4 is 18.0 Å². The Morgan fingerprint density at radius 1 is 0.971 bits per heavy atom. The molecule has 3 N–H and O–H groups in total. The Bertz CT molecular complexity index is 965. The molecule has 2 aromatic carbocycles. The quantitative estimate of drug-likeness (QED) is 0.436. The number of carbonyl (C=O) groups excluding carboxylic acids is 2. The number of amides is 2. The van der Waals surface area contributed by atoms with Gasteiger partial charge in [0.05, 0.1) is 0 Å². The summed E-state index contributed by atoms with van der Waals surface area (Å²) in [7, 11) is 2.80. The first-order chi connectivity index (χ1) is 16.5. The minimum atomic E-state index is -1.16. The lowest BCUT2D eigenvalue weighted by Gasteiger charge is -2.19. The maximum absolute atomic E-state index is 12.4. The summed E-state index contributed by atoms with van der Waals surface area (Å²) >= 11 is 0. The van der Waals surface area contributed by atoms with Crippen molar-refractivity contribution in [3.8, 4) is 11.1 Å². The summed E-state index contributed by atoms with van der Waals surface area (Å²) in [5.74, 6) is -1.77. The fourth-order valence-corrected chi connectivity index (χ4v) is 4.07. The van der Waals surface area contributed by atoms with Crippen molar-refractivity contribution in [1.29, 1.82) is 0 Å². The van der Waals surface area contributed by atoms with Crippen LogP contribution in [0.25, 0.3) is 11.1 Å². The number of ether oxygens (including phenoxy) is 3. The van der Waals surface area contributed by atoms with Crippen LogP contribution in [0.15, 0.2) is 48.5 Å². The molecule has 3 rings (SSSR count). The van der Waals surface area contributed by atoms with Crippen LogP contribution in [0.2, 0.25) is 0 Å². The number of hydrogen-bond donors (Lipinski definition) is 3. The van der Waals surface area contributed by atoms with Gasteiger partial charge < -0.3 is 30.0 Å². The Morgan fingerprint density at radius 3 is 2.15 bits per heavy atom. The largest absolute Gasteiger partial charge is 0.480 e. The normalized spacial score (nSPS) is 13.9. The standard InChI is InChI=1S/C25H30N2O7/c1-32-14-12-21(24(29)30)27-23(28)22(33-2)11-13-26-25(31)34-15-20-18-9-5-3-7-16(18)17-8-4-6-10-19(17)20/h3-10,20-22H,11-15H2,1-2H3,(H,26,31)(H,27,28)(H,29,30). The zero-order valence-corrected chi connectivity index (χ0v) is 19.3. The Kier molecular flexibility index (Phi) is 9.00. The van der Waals surface area contributed by atoms with Gasteiger partial charge in [0, 0.05) is 46.1 Å². The number of methoxy groups -OCH3 is 2. The molecule has 1 aliphatic rings. The number of rotatable bonds is 12. The zero-order chi connectivity index (χ0) is 24.5. The number of hydrogen-bond acceptors (Lipinski definition) is 6. The van der Waals surface area contributed by atoms with E-state index in [0.717, 1.165) is 22.3 Å². The van der Waals surface area contributed by atoms with Gasteiger partial charge in [-0.25, -0.2) is 9.59 Å². The van der Waals surface area contributed by atoms with E-state index < -0.39 is 30.1 Å². The smallest absolute Gasteiger partial charge is 0.407 e. The Morgan fingerprint density at radius 2 is 1.59 bits per heavy atom. The third kappa shape index (κ3) is 6.12. The molecule has 0 saturated heterocycles. The van der Waals surface area contributed by atoms with Crippen molar-refractivity contribution in [2.45, 2.75) is 30.9 Å². The summed E-state index contributed by atoms with van der Waals surface area (Å²) in [5, 5.41) is 14.3. The average Bonchev–Trinajstić information content (AvgIpc) is 3.16. The highest BCUT2D eigenvalue weighted by Crippen LogP contribution is 2.44. The molecule has 2 unspecified atom stereocenters. The van der Waals surface area contributed by atoms with Gasteiger partial charge in [0.25, 0.3) is 0 Å². The first kappa shape index (κ1) is 25.2. The predicted molar refractivity (Wildman–Crippen MR) is 125 cm³/mol. The second-order valence-electron chi connectivity index (χ2n) is 7.95. The van der Waals surface area contributed by atoms with Crippen molar-refractivity contribution in [1.82, 2.24) is 10.6 Å². The first-order valence-electron chi connectivity index (χ1n) is 11.1. The average molecular weight is 471 g/mol. The lowest BCUT2D eigenvalue weighted by Crippen LogP contribution is -2.47. The molecule has 0 bridgehead atoms. The molecule has 34 heavy (non-hydrogen) atoms. The lowest BCUT2D eigenvalue weighted by atomic mass is 9.98. The van der Waals surface area contributed by atoms with Crippen molar-refractivity contribution in [2.75, 3.05) is 34.0 Å². The van der Waals surface area contributed by atoms with Gasteiger partial charge in [-0.2, -0.15) is 0 Å². The van der Waals surface area contributed by atoms with E-state index in [2.05, 4.69) is 22.8 Å². The molecule has 2 amide bonds. The number of nitrogens with one attached hydrogen (secondary N) is 2. The molecular weight excluding hydrogens is 440 g/mol. The predicted octanol–water partition coefficient (Wildman–Crippen LogP) is 2.54. The van der Waals surface area contributed by atoms with Crippen LogP contribution >= 0.6 is 0 Å². The molecule has 0 saturated carbocycles. The Balaban J connectivity index is 1.48. The summed E-state index contributed by atoms with van der Waals surface area (Å²) in [6, 6.07) is 15.0. The number of aliphatic carboxylic acids is 1. The molecule has 0 fully saturated rings. The van der Waals surface area contributed by atoms with Crippen LogP contribution in [0.1, 0.15) is 29.9 Å². The highest BCUT2D eigenvalue weighted by atomic mass is 16.5. The monoisotopic (exact) mass is 470 g/mol. The fourth-order valence-electron chi connectivity index (χ4n) is 4.07. The van der Waals surface area contributed by atoms with Crippen LogP contribution in [0.5, 0.6) is 0 Å². The van der Waals surface area contributed by atoms with Gasteiger partial charge in [0.1, 0.15) is 18.8 Å². The second-order valence-corrected chi connectivity index (χ2v) is 7.95. The van der Waals surface area contributed by atoms with E-state index in [-0.39, 0.29) is 38.5 Å². The van der Waals surface area contributed by atoms with Gasteiger partial charge in [0.2, 0.25) is 5.91 Å². The van der Waals surface area contributed by atoms with E-state index in [9.17, 15) is 19.5 Å². The van der Waals surface area contributed by atoms with Crippen LogP contribution < -0.4 is 10.6 Å². The van der Waals surface area contributed by atoms with Crippen molar-refractivity contribution in [2.24, 2.45) is 0 Å². The Hall–Kier alpha value is -3.43. The third-order valence-electron chi connectivity index (χ3n) is 5.82. The molecule has 9 nitrogen and oxygen atoms in total. The highest BCUT2D eigenvalue weighted by molar-refractivity contribution is 5.86. The van der Waals surface area contributed by atoms with Crippen LogP contribution in [0.4, 0.5) is 4.79 Å². The number of carboxylic acids is 1. The van der Waals surface area contributed by atoms with Crippen LogP contribution in [-0.2, 0) is 23.8 Å². The van der Waals surface area contributed by atoms with Crippen molar-refractivity contribution < 1.29 is 33.7 Å². The summed E-state index contributed by atoms with van der Waals surface area (Å²) in [6.45, 7) is 0.504. The number of benzene rings is 2. The van der Waals surface area contributed by atoms with Crippen LogP contribution in [-0.4, -0.2) is 69.2 Å². The van der Waals surface area contributed by atoms with E-state index in [1.807, 2.05) is 36.4 Å². The number of fused-ring (bicyclic) bond motifs is 3. The molecule has 2 aromatic rings. The fraction of sp³-hybridized carbons (Fsp3) is 0.400. The van der Waals surface area contributed by atoms with Gasteiger partial charge in [-0.3, -0.25) is 4.79 Å². The SMILES string of the molecule is COCCC(NC(=O)C(CCNC(=O)OCC1c2ccccc2-c2ccccc21)OC)C(=O)O. The number of carboxylic acid groups (broad SMARTS) is 1. The van der Waals surface area contributed by atoms with Gasteiger partial charge in [-0.15, -0.1) is 0 Å². The van der Waals surface area contributed by atoms with Gasteiger partial charge in [0.15, 0.2) is 0 Å². The third-order valence-corrected chi connectivity index (χ3v) is 5.82. The molecule has 0 heterocycles. The van der Waals surface area contributed by atoms with Crippen molar-refractivity contribution in [3.63, 3.8) is 0 Å². The minimum absolute atomic E-state index is 0.0456. The molecule has 0 radical (unpaired) electrons. The summed E-state index contributed by atoms with van der Waals surface area (Å²) in [5.41, 5.74) is 4.53. The molecule has 0 spiro atoms. The molecule has 0 aromatic heterocycles. The molecule has 1 aliphatic carbocycles. The van der Waals surface area contributed by atoms with Crippen LogP contribution in [0.3, 0.4) is 0 Å². The van der Waals surface area contributed by atoms with E-state index in [4.69, 9.17) is 14.2 Å².